The Kier molecular flexibility index (Phi) is 5.56. The van der Waals surface area contributed by atoms with Crippen LogP contribution in [0.25, 0.3) is 21.9 Å². The zero-order valence-corrected chi connectivity index (χ0v) is 14.3. The maximum Gasteiger partial charge on any atom is 0.266 e. The topological polar surface area (TPSA) is 29.1 Å². The molecule has 2 aromatic carbocycles. The van der Waals surface area contributed by atoms with Gasteiger partial charge in [0.15, 0.2) is 0 Å². The monoisotopic (exact) mass is 357 g/mol. The van der Waals surface area contributed by atoms with Gasteiger partial charge < -0.3 is 5.32 Å². The van der Waals surface area contributed by atoms with Crippen molar-refractivity contribution in [2.45, 2.75) is 19.3 Å². The van der Waals surface area contributed by atoms with Crippen molar-refractivity contribution in [1.82, 2.24) is 0 Å². The third-order valence-corrected chi connectivity index (χ3v) is 4.70. The molecule has 0 aliphatic heterocycles. The molecule has 1 N–H and O–H groups in total. The molecule has 128 valence electrons. The van der Waals surface area contributed by atoms with Gasteiger partial charge in [-0.2, -0.15) is 8.78 Å². The van der Waals surface area contributed by atoms with Gasteiger partial charge in [0.1, 0.15) is 0 Å². The van der Waals surface area contributed by atoms with E-state index in [1.807, 2.05) is 23.6 Å². The number of thiophene rings is 1. The Hall–Kier alpha value is -2.53. The Morgan fingerprint density at radius 2 is 1.84 bits per heavy atom. The van der Waals surface area contributed by atoms with Crippen molar-refractivity contribution >= 4 is 33.0 Å². The summed E-state index contributed by atoms with van der Waals surface area (Å²) in [6, 6.07) is 16.4. The summed E-state index contributed by atoms with van der Waals surface area (Å²) < 4.78 is 23.9. The van der Waals surface area contributed by atoms with Gasteiger partial charge in [0, 0.05) is 11.8 Å². The highest BCUT2D eigenvalue weighted by atomic mass is 32.1. The van der Waals surface area contributed by atoms with E-state index in [1.54, 1.807) is 0 Å². The number of halogens is 2. The number of amides is 1. The number of hydrogen-bond donors (Lipinski definition) is 1. The molecule has 1 amide bonds. The lowest BCUT2D eigenvalue weighted by molar-refractivity contribution is -0.116. The van der Waals surface area contributed by atoms with E-state index < -0.39 is 6.08 Å². The quantitative estimate of drug-likeness (QED) is 0.504. The molecule has 3 rings (SSSR count). The summed E-state index contributed by atoms with van der Waals surface area (Å²) >= 11 is 1.46. The van der Waals surface area contributed by atoms with Crippen molar-refractivity contribution in [3.05, 3.63) is 66.1 Å². The first-order chi connectivity index (χ1) is 12.1. The summed E-state index contributed by atoms with van der Waals surface area (Å²) in [5, 5.41) is 7.95. The molecule has 1 heterocycles. The van der Waals surface area contributed by atoms with Crippen LogP contribution in [0.3, 0.4) is 0 Å². The van der Waals surface area contributed by atoms with E-state index >= 15 is 0 Å². The SMILES string of the molecule is O=C(CCCC=C(F)F)Nc1cc(-c2ccc3ccccc3c2)cs1. The molecule has 0 radical (unpaired) electrons. The Balaban J connectivity index is 1.63. The molecule has 0 saturated heterocycles. The number of allylic oxidation sites excluding steroid dienone is 1. The van der Waals surface area contributed by atoms with E-state index in [-0.39, 0.29) is 18.7 Å². The Labute approximate surface area is 148 Å². The average Bonchev–Trinajstić information content (AvgIpc) is 3.06. The maximum atomic E-state index is 11.9. The van der Waals surface area contributed by atoms with Crippen molar-refractivity contribution in [2.24, 2.45) is 0 Å². The van der Waals surface area contributed by atoms with Crippen molar-refractivity contribution in [1.29, 1.82) is 0 Å². The number of carbonyl (C=O) groups excluding carboxylic acids is 1. The van der Waals surface area contributed by atoms with E-state index in [0.717, 1.165) is 22.2 Å². The van der Waals surface area contributed by atoms with Crippen molar-refractivity contribution in [3.8, 4) is 11.1 Å². The van der Waals surface area contributed by atoms with Crippen LogP contribution in [0.2, 0.25) is 0 Å². The van der Waals surface area contributed by atoms with E-state index in [9.17, 15) is 13.6 Å². The van der Waals surface area contributed by atoms with Gasteiger partial charge in [-0.3, -0.25) is 4.79 Å². The molecule has 0 aliphatic carbocycles. The summed E-state index contributed by atoms with van der Waals surface area (Å²) in [5.74, 6) is -0.153. The first-order valence-electron chi connectivity index (χ1n) is 8.00. The second-order valence-electron chi connectivity index (χ2n) is 5.70. The molecule has 2 nitrogen and oxygen atoms in total. The number of anilines is 1. The molecule has 0 unspecified atom stereocenters. The first-order valence-corrected chi connectivity index (χ1v) is 8.88. The molecule has 0 aliphatic rings. The van der Waals surface area contributed by atoms with Crippen molar-refractivity contribution in [2.75, 3.05) is 5.32 Å². The number of nitrogens with one attached hydrogen (secondary N) is 1. The van der Waals surface area contributed by atoms with Crippen LogP contribution < -0.4 is 5.32 Å². The summed E-state index contributed by atoms with van der Waals surface area (Å²) in [6.45, 7) is 0. The number of fused-ring (bicyclic) bond motifs is 1. The molecule has 5 heteroatoms. The van der Waals surface area contributed by atoms with Gasteiger partial charge in [0.2, 0.25) is 5.91 Å². The largest absolute Gasteiger partial charge is 0.318 e. The van der Waals surface area contributed by atoms with Crippen LogP contribution in [0.4, 0.5) is 13.8 Å². The molecule has 3 aromatic rings. The number of rotatable bonds is 6. The number of carbonyl (C=O) groups is 1. The zero-order valence-electron chi connectivity index (χ0n) is 13.5. The smallest absolute Gasteiger partial charge is 0.266 e. The van der Waals surface area contributed by atoms with E-state index in [4.69, 9.17) is 0 Å². The van der Waals surface area contributed by atoms with Gasteiger partial charge in [-0.05, 0) is 52.9 Å². The van der Waals surface area contributed by atoms with Gasteiger partial charge in [-0.25, -0.2) is 0 Å². The second-order valence-corrected chi connectivity index (χ2v) is 6.61. The van der Waals surface area contributed by atoms with Crippen LogP contribution in [-0.4, -0.2) is 5.91 Å². The average molecular weight is 357 g/mol. The van der Waals surface area contributed by atoms with E-state index in [0.29, 0.717) is 6.42 Å². The predicted octanol–water partition coefficient (Wildman–Crippen LogP) is 6.46. The van der Waals surface area contributed by atoms with Gasteiger partial charge in [0.25, 0.3) is 6.08 Å². The van der Waals surface area contributed by atoms with Crippen molar-refractivity contribution < 1.29 is 13.6 Å². The lowest BCUT2D eigenvalue weighted by Crippen LogP contribution is -2.09. The minimum Gasteiger partial charge on any atom is -0.318 e. The second kappa shape index (κ2) is 8.03. The van der Waals surface area contributed by atoms with Crippen LogP contribution in [-0.2, 0) is 4.79 Å². The Morgan fingerprint density at radius 3 is 2.64 bits per heavy atom. The summed E-state index contributed by atoms with van der Waals surface area (Å²) in [4.78, 5) is 11.9. The van der Waals surface area contributed by atoms with Gasteiger partial charge >= 0.3 is 0 Å². The highest BCUT2D eigenvalue weighted by Gasteiger charge is 2.07. The fourth-order valence-corrected chi connectivity index (χ4v) is 3.42. The van der Waals surface area contributed by atoms with Gasteiger partial charge in [-0.15, -0.1) is 11.3 Å². The molecule has 25 heavy (non-hydrogen) atoms. The molecular weight excluding hydrogens is 340 g/mol. The fraction of sp³-hybridized carbons (Fsp3) is 0.150. The lowest BCUT2D eigenvalue weighted by Gasteiger charge is -2.02. The molecule has 0 atom stereocenters. The highest BCUT2D eigenvalue weighted by Crippen LogP contribution is 2.31. The standard InChI is InChI=1S/C20H17F2NOS/c21-18(22)7-3-4-8-19(24)23-20-12-17(13-25-20)16-10-9-14-5-1-2-6-15(14)11-16/h1-2,5-7,9-13H,3-4,8H2,(H,23,24). The lowest BCUT2D eigenvalue weighted by atomic mass is 10.0. The summed E-state index contributed by atoms with van der Waals surface area (Å²) in [7, 11) is 0. The molecule has 0 fully saturated rings. The van der Waals surface area contributed by atoms with Crippen LogP contribution in [0, 0.1) is 0 Å². The number of unbranched alkanes of at least 4 members (excludes halogenated alkanes) is 1. The molecule has 1 aromatic heterocycles. The Morgan fingerprint density at radius 1 is 1.04 bits per heavy atom. The highest BCUT2D eigenvalue weighted by molar-refractivity contribution is 7.14. The van der Waals surface area contributed by atoms with Gasteiger partial charge in [-0.1, -0.05) is 36.4 Å². The number of hydrogen-bond acceptors (Lipinski definition) is 2. The first kappa shape index (κ1) is 17.3. The summed E-state index contributed by atoms with van der Waals surface area (Å²) in [5.41, 5.74) is 2.15. The summed E-state index contributed by atoms with van der Waals surface area (Å²) in [6.07, 6.45) is -0.00334. The molecular formula is C20H17F2NOS. The number of benzene rings is 2. The maximum absolute atomic E-state index is 11.9. The van der Waals surface area contributed by atoms with Crippen LogP contribution in [0.1, 0.15) is 19.3 Å². The minimum atomic E-state index is -1.70. The third-order valence-electron chi connectivity index (χ3n) is 3.85. The van der Waals surface area contributed by atoms with Crippen LogP contribution in [0.15, 0.2) is 66.1 Å². The third kappa shape index (κ3) is 4.73. The van der Waals surface area contributed by atoms with Crippen molar-refractivity contribution in [3.63, 3.8) is 0 Å². The normalized spacial score (nSPS) is 10.6. The van der Waals surface area contributed by atoms with E-state index in [2.05, 4.69) is 35.6 Å². The van der Waals surface area contributed by atoms with E-state index in [1.165, 1.54) is 22.1 Å². The minimum absolute atomic E-state index is 0.153. The van der Waals surface area contributed by atoms with Crippen LogP contribution in [0.5, 0.6) is 0 Å². The zero-order chi connectivity index (χ0) is 17.6. The molecule has 0 spiro atoms. The van der Waals surface area contributed by atoms with Crippen LogP contribution >= 0.6 is 11.3 Å². The Bertz CT molecular complexity index is 913. The van der Waals surface area contributed by atoms with Gasteiger partial charge in [0.05, 0.1) is 5.00 Å². The molecule has 0 bridgehead atoms. The fourth-order valence-electron chi connectivity index (χ4n) is 2.60. The molecule has 0 saturated carbocycles. The predicted molar refractivity (Wildman–Crippen MR) is 100 cm³/mol.